The Morgan fingerprint density at radius 2 is 1.42 bits per heavy atom. The van der Waals surface area contributed by atoms with Crippen LogP contribution >= 0.6 is 0 Å². The van der Waals surface area contributed by atoms with Crippen molar-refractivity contribution in [2.24, 2.45) is 0 Å². The zero-order valence-corrected chi connectivity index (χ0v) is 16.0. The molecule has 3 rings (SSSR count). The number of allylic oxidation sites excluding steroid dienone is 1. The van der Waals surface area contributed by atoms with E-state index in [0.29, 0.717) is 5.92 Å². The monoisotopic (exact) mass is 350 g/mol. The highest BCUT2D eigenvalue weighted by molar-refractivity contribution is 5.49. The molecule has 2 aromatic carbocycles. The van der Waals surface area contributed by atoms with Crippen molar-refractivity contribution in [3.63, 3.8) is 0 Å². The predicted molar refractivity (Wildman–Crippen MR) is 110 cm³/mol. The number of rotatable bonds is 7. The summed E-state index contributed by atoms with van der Waals surface area (Å²) in [6, 6.07) is 18.0. The van der Waals surface area contributed by atoms with Gasteiger partial charge in [-0.25, -0.2) is 4.39 Å². The van der Waals surface area contributed by atoms with Crippen molar-refractivity contribution in [1.82, 2.24) is 0 Å². The molecule has 0 nitrogen and oxygen atoms in total. The summed E-state index contributed by atoms with van der Waals surface area (Å²) in [5, 5.41) is 0. The second kappa shape index (κ2) is 9.71. The Morgan fingerprint density at radius 1 is 0.846 bits per heavy atom. The normalized spacial score (nSPS) is 20.5. The lowest BCUT2D eigenvalue weighted by Crippen LogP contribution is -2.13. The largest absolute Gasteiger partial charge is 0.247 e. The van der Waals surface area contributed by atoms with Gasteiger partial charge in [0.05, 0.1) is 0 Å². The van der Waals surface area contributed by atoms with Crippen LogP contribution in [0.15, 0.2) is 54.6 Å². The van der Waals surface area contributed by atoms with Crippen molar-refractivity contribution in [2.45, 2.75) is 70.4 Å². The average Bonchev–Trinajstić information content (AvgIpc) is 2.69. The minimum Gasteiger partial charge on any atom is -0.247 e. The summed E-state index contributed by atoms with van der Waals surface area (Å²) in [5.41, 5.74) is 5.46. The van der Waals surface area contributed by atoms with E-state index in [4.69, 9.17) is 0 Å². The quantitative estimate of drug-likeness (QED) is 0.492. The molecule has 0 spiro atoms. The summed E-state index contributed by atoms with van der Waals surface area (Å²) in [6.45, 7) is 2.20. The standard InChI is InChI=1S/C25H31F/c1-2-3-4-5-20-6-8-21(9-7-20)10-11-22-12-14-23(15-13-22)24-16-18-25(26)19-17-24/h4-9,12-15,24-25H,2-3,10-11,16-19H2,1H3/b5-4+. The fourth-order valence-electron chi connectivity index (χ4n) is 3.81. The van der Waals surface area contributed by atoms with E-state index in [-0.39, 0.29) is 0 Å². The highest BCUT2D eigenvalue weighted by Gasteiger charge is 2.21. The Balaban J connectivity index is 1.50. The number of hydrogen-bond donors (Lipinski definition) is 0. The summed E-state index contributed by atoms with van der Waals surface area (Å²) in [7, 11) is 0. The molecule has 0 aromatic heterocycles. The van der Waals surface area contributed by atoms with E-state index >= 15 is 0 Å². The van der Waals surface area contributed by atoms with Crippen LogP contribution in [0.4, 0.5) is 4.39 Å². The Labute approximate surface area is 158 Å². The first-order valence-electron chi connectivity index (χ1n) is 10.2. The highest BCUT2D eigenvalue weighted by Crippen LogP contribution is 2.34. The van der Waals surface area contributed by atoms with Gasteiger partial charge >= 0.3 is 0 Å². The zero-order valence-electron chi connectivity index (χ0n) is 16.0. The minimum atomic E-state index is -0.570. The molecule has 0 saturated heterocycles. The van der Waals surface area contributed by atoms with Gasteiger partial charge in [-0.3, -0.25) is 0 Å². The Morgan fingerprint density at radius 3 is 2.00 bits per heavy atom. The molecule has 138 valence electrons. The molecule has 0 radical (unpaired) electrons. The fraction of sp³-hybridized carbons (Fsp3) is 0.440. The molecule has 0 aliphatic heterocycles. The third-order valence-corrected chi connectivity index (χ3v) is 5.56. The number of halogens is 1. The van der Waals surface area contributed by atoms with Crippen LogP contribution in [0.5, 0.6) is 0 Å². The summed E-state index contributed by atoms with van der Waals surface area (Å²) in [6.07, 6.45) is 11.8. The third kappa shape index (κ3) is 5.56. The molecular weight excluding hydrogens is 319 g/mol. The molecule has 1 aliphatic rings. The molecule has 2 aromatic rings. The maximum absolute atomic E-state index is 13.3. The lowest BCUT2D eigenvalue weighted by molar-refractivity contribution is 0.235. The molecule has 1 aliphatic carbocycles. The molecule has 0 amide bonds. The molecule has 0 unspecified atom stereocenters. The van der Waals surface area contributed by atoms with Crippen LogP contribution in [0.2, 0.25) is 0 Å². The number of hydrogen-bond acceptors (Lipinski definition) is 0. The summed E-state index contributed by atoms with van der Waals surface area (Å²) in [4.78, 5) is 0. The van der Waals surface area contributed by atoms with E-state index in [1.165, 1.54) is 28.7 Å². The van der Waals surface area contributed by atoms with E-state index in [1.807, 2.05) is 0 Å². The van der Waals surface area contributed by atoms with Gasteiger partial charge < -0.3 is 0 Å². The molecular formula is C25H31F. The maximum atomic E-state index is 13.3. The molecule has 0 bridgehead atoms. The SMILES string of the molecule is CCC/C=C/c1ccc(CCc2ccc(C3CCC(F)CC3)cc2)cc1. The van der Waals surface area contributed by atoms with Crippen molar-refractivity contribution < 1.29 is 4.39 Å². The van der Waals surface area contributed by atoms with Gasteiger partial charge in [0.25, 0.3) is 0 Å². The molecule has 1 fully saturated rings. The highest BCUT2D eigenvalue weighted by atomic mass is 19.1. The maximum Gasteiger partial charge on any atom is 0.100 e. The topological polar surface area (TPSA) is 0 Å². The van der Waals surface area contributed by atoms with Crippen molar-refractivity contribution in [3.8, 4) is 0 Å². The van der Waals surface area contributed by atoms with Crippen molar-refractivity contribution >= 4 is 6.08 Å². The van der Waals surface area contributed by atoms with Crippen LogP contribution in [0.25, 0.3) is 6.08 Å². The van der Waals surface area contributed by atoms with Crippen molar-refractivity contribution in [1.29, 1.82) is 0 Å². The number of aryl methyl sites for hydroxylation is 2. The van der Waals surface area contributed by atoms with Gasteiger partial charge in [-0.1, -0.05) is 74.0 Å². The number of unbranched alkanes of at least 4 members (excludes halogenated alkanes) is 1. The van der Waals surface area contributed by atoms with Crippen LogP contribution in [0, 0.1) is 0 Å². The van der Waals surface area contributed by atoms with E-state index in [2.05, 4.69) is 67.6 Å². The molecule has 1 saturated carbocycles. The van der Waals surface area contributed by atoms with Crippen molar-refractivity contribution in [3.05, 3.63) is 76.9 Å². The fourth-order valence-corrected chi connectivity index (χ4v) is 3.81. The van der Waals surface area contributed by atoms with Gasteiger partial charge in [-0.15, -0.1) is 0 Å². The summed E-state index contributed by atoms with van der Waals surface area (Å²) < 4.78 is 13.3. The lowest BCUT2D eigenvalue weighted by Gasteiger charge is -2.24. The summed E-state index contributed by atoms with van der Waals surface area (Å²) in [5.74, 6) is 0.560. The Hall–Kier alpha value is -1.89. The zero-order chi connectivity index (χ0) is 18.2. The Kier molecular flexibility index (Phi) is 7.05. The molecule has 0 N–H and O–H groups in total. The van der Waals surface area contributed by atoms with Gasteiger partial charge in [0.2, 0.25) is 0 Å². The van der Waals surface area contributed by atoms with Gasteiger partial charge in [-0.05, 0) is 73.1 Å². The first kappa shape index (κ1) is 18.9. The van der Waals surface area contributed by atoms with E-state index in [0.717, 1.165) is 44.9 Å². The van der Waals surface area contributed by atoms with Gasteiger partial charge in [0.15, 0.2) is 0 Å². The summed E-state index contributed by atoms with van der Waals surface area (Å²) >= 11 is 0. The second-order valence-corrected chi connectivity index (χ2v) is 7.62. The minimum absolute atomic E-state index is 0.560. The van der Waals surface area contributed by atoms with Crippen molar-refractivity contribution in [2.75, 3.05) is 0 Å². The molecule has 0 atom stereocenters. The second-order valence-electron chi connectivity index (χ2n) is 7.62. The lowest BCUT2D eigenvalue weighted by atomic mass is 9.83. The van der Waals surface area contributed by atoms with Crippen LogP contribution in [-0.2, 0) is 12.8 Å². The van der Waals surface area contributed by atoms with Gasteiger partial charge in [-0.2, -0.15) is 0 Å². The first-order chi connectivity index (χ1) is 12.7. The number of benzene rings is 2. The molecule has 1 heteroatoms. The average molecular weight is 351 g/mol. The van der Waals surface area contributed by atoms with E-state index in [9.17, 15) is 4.39 Å². The first-order valence-corrected chi connectivity index (χ1v) is 10.2. The Bertz CT molecular complexity index is 673. The van der Waals surface area contributed by atoms with Crippen LogP contribution < -0.4 is 0 Å². The number of alkyl halides is 1. The van der Waals surface area contributed by atoms with Crippen LogP contribution in [0.3, 0.4) is 0 Å². The van der Waals surface area contributed by atoms with Gasteiger partial charge in [0, 0.05) is 0 Å². The predicted octanol–water partition coefficient (Wildman–Crippen LogP) is 7.28. The smallest absolute Gasteiger partial charge is 0.100 e. The van der Waals surface area contributed by atoms with Crippen LogP contribution in [0.1, 0.15) is 73.6 Å². The molecule has 0 heterocycles. The van der Waals surface area contributed by atoms with E-state index in [1.54, 1.807) is 0 Å². The molecule has 26 heavy (non-hydrogen) atoms. The van der Waals surface area contributed by atoms with Crippen LogP contribution in [-0.4, -0.2) is 6.17 Å². The van der Waals surface area contributed by atoms with Gasteiger partial charge in [0.1, 0.15) is 6.17 Å². The third-order valence-electron chi connectivity index (χ3n) is 5.56. The van der Waals surface area contributed by atoms with E-state index < -0.39 is 6.17 Å².